The summed E-state index contributed by atoms with van der Waals surface area (Å²) in [4.78, 5) is 16.8. The first-order valence-electron chi connectivity index (χ1n) is 7.52. The normalized spacial score (nSPS) is 11.7. The highest BCUT2D eigenvalue weighted by molar-refractivity contribution is 5.88. The average molecular weight is 346 g/mol. The van der Waals surface area contributed by atoms with E-state index in [0.717, 1.165) is 11.1 Å². The smallest absolute Gasteiger partial charge is 0.412 e. The highest BCUT2D eigenvalue weighted by Crippen LogP contribution is 2.28. The number of anilines is 1. The second kappa shape index (κ2) is 5.80. The maximum absolute atomic E-state index is 14.5. The number of pyridine rings is 1. The number of rotatable bonds is 2. The molecule has 0 saturated heterocycles. The second-order valence-electron chi connectivity index (χ2n) is 6.54. The highest BCUT2D eigenvalue weighted by Gasteiger charge is 2.30. The molecule has 1 amide bonds. The summed E-state index contributed by atoms with van der Waals surface area (Å²) in [7, 11) is 0. The maximum atomic E-state index is 14.5. The Morgan fingerprint density at radius 2 is 1.84 bits per heavy atom. The van der Waals surface area contributed by atoms with Gasteiger partial charge in [-0.3, -0.25) is 4.90 Å². The molecule has 0 unspecified atom stereocenters. The van der Waals surface area contributed by atoms with Gasteiger partial charge in [0.1, 0.15) is 5.82 Å². The van der Waals surface area contributed by atoms with Crippen LogP contribution in [0.3, 0.4) is 0 Å². The van der Waals surface area contributed by atoms with Crippen LogP contribution in [0.15, 0.2) is 36.5 Å². The van der Waals surface area contributed by atoms with Crippen molar-refractivity contribution >= 4 is 17.4 Å². The van der Waals surface area contributed by atoms with Crippen LogP contribution in [0, 0.1) is 11.6 Å². The summed E-state index contributed by atoms with van der Waals surface area (Å²) >= 11 is 0. The van der Waals surface area contributed by atoms with Gasteiger partial charge in [-0.15, -0.1) is 5.10 Å². The Balaban J connectivity index is 2.13. The number of carbonyl (C=O) groups is 1. The summed E-state index contributed by atoms with van der Waals surface area (Å²) in [6.07, 6.45) is -0.194. The fraction of sp³-hybridized carbons (Fsp3) is 0.235. The van der Waals surface area contributed by atoms with Gasteiger partial charge < -0.3 is 5.11 Å². The minimum Gasteiger partial charge on any atom is -0.465 e. The number of aromatic nitrogens is 3. The molecule has 1 N–H and O–H groups in total. The lowest BCUT2D eigenvalue weighted by Crippen LogP contribution is -2.45. The topological polar surface area (TPSA) is 70.7 Å². The van der Waals surface area contributed by atoms with Crippen LogP contribution in [0.1, 0.15) is 20.8 Å². The van der Waals surface area contributed by atoms with Crippen LogP contribution >= 0.6 is 0 Å². The molecule has 6 nitrogen and oxygen atoms in total. The first kappa shape index (κ1) is 16.8. The quantitative estimate of drug-likeness (QED) is 0.762. The Kier molecular flexibility index (Phi) is 3.90. The molecule has 25 heavy (non-hydrogen) atoms. The van der Waals surface area contributed by atoms with Gasteiger partial charge in [0.2, 0.25) is 0 Å². The number of nitrogens with zero attached hydrogens (tertiary/aromatic N) is 4. The van der Waals surface area contributed by atoms with Gasteiger partial charge in [-0.2, -0.15) is 0 Å². The standard InChI is InChI=1S/C17H16F2N4O2/c1-17(2,3)23(16(24)25)13-8-14-20-15(21-22(14)9-12(13)19)10-4-6-11(18)7-5-10/h4-9H,1-3H3,(H,24,25). The van der Waals surface area contributed by atoms with Crippen molar-refractivity contribution in [3.05, 3.63) is 48.2 Å². The second-order valence-corrected chi connectivity index (χ2v) is 6.54. The van der Waals surface area contributed by atoms with Crippen molar-refractivity contribution in [2.75, 3.05) is 4.90 Å². The minimum absolute atomic E-state index is 0.106. The van der Waals surface area contributed by atoms with Gasteiger partial charge in [-0.1, -0.05) is 0 Å². The molecule has 2 heterocycles. The summed E-state index contributed by atoms with van der Waals surface area (Å²) in [5, 5.41) is 13.6. The Hall–Kier alpha value is -3.03. The van der Waals surface area contributed by atoms with Gasteiger partial charge in [0.15, 0.2) is 17.3 Å². The average Bonchev–Trinajstić information content (AvgIpc) is 2.89. The van der Waals surface area contributed by atoms with Crippen molar-refractivity contribution in [2.45, 2.75) is 26.3 Å². The number of amides is 1. The summed E-state index contributed by atoms with van der Waals surface area (Å²) in [6, 6.07) is 6.91. The molecule has 0 fully saturated rings. The van der Waals surface area contributed by atoms with E-state index in [9.17, 15) is 18.7 Å². The molecule has 0 aliphatic rings. The molecule has 0 spiro atoms. The van der Waals surface area contributed by atoms with E-state index in [1.165, 1.54) is 34.8 Å². The van der Waals surface area contributed by atoms with E-state index in [1.807, 2.05) is 0 Å². The van der Waals surface area contributed by atoms with Crippen molar-refractivity contribution in [1.82, 2.24) is 14.6 Å². The lowest BCUT2D eigenvalue weighted by Gasteiger charge is -2.33. The monoisotopic (exact) mass is 346 g/mol. The van der Waals surface area contributed by atoms with Crippen LogP contribution in [-0.2, 0) is 0 Å². The van der Waals surface area contributed by atoms with E-state index in [2.05, 4.69) is 10.1 Å². The van der Waals surface area contributed by atoms with E-state index in [1.54, 1.807) is 20.8 Å². The SMILES string of the molecule is CC(C)(C)N(C(=O)O)c1cc2nc(-c3ccc(F)cc3)nn2cc1F. The fourth-order valence-corrected chi connectivity index (χ4v) is 2.54. The van der Waals surface area contributed by atoms with Gasteiger partial charge in [-0.25, -0.2) is 23.1 Å². The Morgan fingerprint density at radius 3 is 2.40 bits per heavy atom. The zero-order chi connectivity index (χ0) is 18.4. The first-order chi connectivity index (χ1) is 11.7. The number of hydrogen-bond acceptors (Lipinski definition) is 3. The molecular weight excluding hydrogens is 330 g/mol. The number of carboxylic acid groups (broad SMARTS) is 1. The zero-order valence-electron chi connectivity index (χ0n) is 13.9. The van der Waals surface area contributed by atoms with Gasteiger partial charge in [-0.05, 0) is 45.0 Å². The molecule has 130 valence electrons. The van der Waals surface area contributed by atoms with Crippen molar-refractivity contribution < 1.29 is 18.7 Å². The number of fused-ring (bicyclic) bond motifs is 1. The molecule has 3 aromatic rings. The fourth-order valence-electron chi connectivity index (χ4n) is 2.54. The van der Waals surface area contributed by atoms with Crippen molar-refractivity contribution in [3.8, 4) is 11.4 Å². The largest absolute Gasteiger partial charge is 0.465 e. The van der Waals surface area contributed by atoms with Gasteiger partial charge in [0.25, 0.3) is 0 Å². The molecule has 8 heteroatoms. The Bertz CT molecular complexity index is 946. The third-order valence-electron chi connectivity index (χ3n) is 3.61. The molecule has 0 bridgehead atoms. The first-order valence-corrected chi connectivity index (χ1v) is 7.52. The van der Waals surface area contributed by atoms with E-state index in [-0.39, 0.29) is 23.0 Å². The van der Waals surface area contributed by atoms with Crippen LogP contribution in [0.2, 0.25) is 0 Å². The van der Waals surface area contributed by atoms with Gasteiger partial charge in [0, 0.05) is 17.2 Å². The van der Waals surface area contributed by atoms with Gasteiger partial charge >= 0.3 is 6.09 Å². The van der Waals surface area contributed by atoms with E-state index in [4.69, 9.17) is 0 Å². The Morgan fingerprint density at radius 1 is 1.20 bits per heavy atom. The van der Waals surface area contributed by atoms with Crippen LogP contribution in [-0.4, -0.2) is 31.3 Å². The zero-order valence-corrected chi connectivity index (χ0v) is 13.9. The third kappa shape index (κ3) is 3.15. The molecule has 3 rings (SSSR count). The molecule has 0 radical (unpaired) electrons. The molecule has 0 atom stereocenters. The third-order valence-corrected chi connectivity index (χ3v) is 3.61. The van der Waals surface area contributed by atoms with Crippen molar-refractivity contribution in [2.24, 2.45) is 0 Å². The minimum atomic E-state index is -1.27. The van der Waals surface area contributed by atoms with E-state index >= 15 is 0 Å². The van der Waals surface area contributed by atoms with Crippen LogP contribution in [0.4, 0.5) is 19.3 Å². The molecular formula is C17H16F2N4O2. The van der Waals surface area contributed by atoms with Crippen LogP contribution in [0.25, 0.3) is 17.0 Å². The van der Waals surface area contributed by atoms with Crippen LogP contribution in [0.5, 0.6) is 0 Å². The van der Waals surface area contributed by atoms with Crippen LogP contribution < -0.4 is 4.90 Å². The molecule has 1 aromatic carbocycles. The van der Waals surface area contributed by atoms with Crippen molar-refractivity contribution in [1.29, 1.82) is 0 Å². The lowest BCUT2D eigenvalue weighted by molar-refractivity contribution is 0.195. The van der Waals surface area contributed by atoms with Crippen molar-refractivity contribution in [3.63, 3.8) is 0 Å². The summed E-state index contributed by atoms with van der Waals surface area (Å²) in [6.45, 7) is 5.00. The van der Waals surface area contributed by atoms with E-state index < -0.39 is 17.4 Å². The molecule has 0 saturated carbocycles. The van der Waals surface area contributed by atoms with E-state index in [0.29, 0.717) is 5.56 Å². The molecule has 0 aliphatic heterocycles. The highest BCUT2D eigenvalue weighted by atomic mass is 19.1. The predicted octanol–water partition coefficient (Wildman–Crippen LogP) is 3.96. The maximum Gasteiger partial charge on any atom is 0.412 e. The number of hydrogen-bond donors (Lipinski definition) is 1. The number of halogens is 2. The van der Waals surface area contributed by atoms with Gasteiger partial charge in [0.05, 0.1) is 11.9 Å². The summed E-state index contributed by atoms with van der Waals surface area (Å²) < 4.78 is 28.7. The molecule has 2 aromatic heterocycles. The predicted molar refractivity (Wildman–Crippen MR) is 88.6 cm³/mol. The summed E-state index contributed by atoms with van der Waals surface area (Å²) in [5.74, 6) is -0.835. The summed E-state index contributed by atoms with van der Waals surface area (Å²) in [5.41, 5.74) is -0.0973. The Labute approximate surface area is 142 Å². The lowest BCUT2D eigenvalue weighted by atomic mass is 10.1. The molecule has 0 aliphatic carbocycles. The number of benzene rings is 1.